The van der Waals surface area contributed by atoms with Gasteiger partial charge in [0.2, 0.25) is 5.95 Å². The second-order valence-electron chi connectivity index (χ2n) is 7.24. The Morgan fingerprint density at radius 2 is 1.90 bits per heavy atom. The number of hydrogen-bond acceptors (Lipinski definition) is 5. The minimum atomic E-state index is 0.625. The fraction of sp³-hybridized carbons (Fsp3) is 0.227. The molecule has 2 aromatic carbocycles. The zero-order valence-electron chi connectivity index (χ0n) is 15.9. The van der Waals surface area contributed by atoms with Crippen molar-refractivity contribution in [1.82, 2.24) is 20.2 Å². The standard InChI is InChI=1S/C22H21BrN6/c23-17-8-4-7-15(13-17)9-11-24-22-25-20-19-18(27-28-20)10-12-29(21(19)26-22)14-16-5-2-1-3-6-16/h1-8,13H,9-12,14H2,(H2,24,25,26,27,28). The number of halogens is 1. The molecule has 7 heteroatoms. The summed E-state index contributed by atoms with van der Waals surface area (Å²) in [7, 11) is 0. The van der Waals surface area contributed by atoms with Crippen LogP contribution in [0.2, 0.25) is 0 Å². The van der Waals surface area contributed by atoms with Crippen LogP contribution >= 0.6 is 15.9 Å². The number of nitrogens with zero attached hydrogens (tertiary/aromatic N) is 4. The summed E-state index contributed by atoms with van der Waals surface area (Å²) in [5, 5.41) is 12.0. The summed E-state index contributed by atoms with van der Waals surface area (Å²) in [6.45, 7) is 2.50. The van der Waals surface area contributed by atoms with Gasteiger partial charge >= 0.3 is 0 Å². The first kappa shape index (κ1) is 18.1. The van der Waals surface area contributed by atoms with Gasteiger partial charge in [0, 0.05) is 30.5 Å². The number of nitrogens with one attached hydrogen (secondary N) is 2. The highest BCUT2D eigenvalue weighted by Gasteiger charge is 2.24. The van der Waals surface area contributed by atoms with Crippen molar-refractivity contribution in [2.45, 2.75) is 19.4 Å². The van der Waals surface area contributed by atoms with E-state index in [1.54, 1.807) is 0 Å². The van der Waals surface area contributed by atoms with Crippen LogP contribution in [0.3, 0.4) is 0 Å². The van der Waals surface area contributed by atoms with Crippen molar-refractivity contribution in [3.05, 3.63) is 75.9 Å². The molecule has 1 aliphatic heterocycles. The Balaban J connectivity index is 1.38. The van der Waals surface area contributed by atoms with E-state index >= 15 is 0 Å². The van der Waals surface area contributed by atoms with E-state index < -0.39 is 0 Å². The average Bonchev–Trinajstić information content (AvgIpc) is 3.15. The molecule has 0 atom stereocenters. The van der Waals surface area contributed by atoms with Gasteiger partial charge in [-0.2, -0.15) is 15.1 Å². The molecule has 146 valence electrons. The van der Waals surface area contributed by atoms with Gasteiger partial charge in [-0.15, -0.1) is 0 Å². The molecule has 0 saturated carbocycles. The fourth-order valence-electron chi connectivity index (χ4n) is 3.77. The Labute approximate surface area is 177 Å². The molecule has 2 aromatic heterocycles. The van der Waals surface area contributed by atoms with Crippen LogP contribution in [0.4, 0.5) is 11.8 Å². The highest BCUT2D eigenvalue weighted by Crippen LogP contribution is 2.32. The number of aromatic nitrogens is 4. The third kappa shape index (κ3) is 3.82. The van der Waals surface area contributed by atoms with Gasteiger partial charge in [-0.1, -0.05) is 58.4 Å². The van der Waals surface area contributed by atoms with Crippen molar-refractivity contribution < 1.29 is 0 Å². The fourth-order valence-corrected chi connectivity index (χ4v) is 4.22. The molecular formula is C22H21BrN6. The van der Waals surface area contributed by atoms with Crippen LogP contribution < -0.4 is 10.2 Å². The summed E-state index contributed by atoms with van der Waals surface area (Å²) in [5.41, 5.74) is 4.39. The number of anilines is 2. The Morgan fingerprint density at radius 3 is 2.76 bits per heavy atom. The summed E-state index contributed by atoms with van der Waals surface area (Å²) < 4.78 is 1.10. The molecule has 0 spiro atoms. The Bertz CT molecular complexity index is 1140. The van der Waals surface area contributed by atoms with Crippen LogP contribution in [0, 0.1) is 0 Å². The maximum atomic E-state index is 4.86. The third-order valence-corrected chi connectivity index (χ3v) is 5.70. The second kappa shape index (κ2) is 7.83. The second-order valence-corrected chi connectivity index (χ2v) is 8.15. The van der Waals surface area contributed by atoms with E-state index in [9.17, 15) is 0 Å². The maximum Gasteiger partial charge on any atom is 0.226 e. The lowest BCUT2D eigenvalue weighted by Gasteiger charge is -2.28. The van der Waals surface area contributed by atoms with E-state index in [0.717, 1.165) is 59.5 Å². The zero-order chi connectivity index (χ0) is 19.6. The first-order valence-electron chi connectivity index (χ1n) is 9.78. The average molecular weight is 449 g/mol. The van der Waals surface area contributed by atoms with Crippen molar-refractivity contribution in [2.24, 2.45) is 0 Å². The van der Waals surface area contributed by atoms with Crippen molar-refractivity contribution in [3.8, 4) is 0 Å². The number of hydrogen-bond donors (Lipinski definition) is 2. The number of aromatic amines is 1. The van der Waals surface area contributed by atoms with E-state index in [0.29, 0.717) is 5.95 Å². The SMILES string of the molecule is Brc1cccc(CCNc2nc3c4c([nH]nc4n2)CCN3Cc2ccccc2)c1. The summed E-state index contributed by atoms with van der Waals surface area (Å²) in [6, 6.07) is 18.9. The molecule has 0 aliphatic carbocycles. The minimum Gasteiger partial charge on any atom is -0.354 e. The number of rotatable bonds is 6. The van der Waals surface area contributed by atoms with Crippen molar-refractivity contribution >= 4 is 38.7 Å². The molecule has 0 saturated heterocycles. The summed E-state index contributed by atoms with van der Waals surface area (Å²) in [5.74, 6) is 1.58. The molecule has 29 heavy (non-hydrogen) atoms. The van der Waals surface area contributed by atoms with Crippen LogP contribution in [0.5, 0.6) is 0 Å². The van der Waals surface area contributed by atoms with Gasteiger partial charge in [0.15, 0.2) is 5.65 Å². The van der Waals surface area contributed by atoms with E-state index in [1.165, 1.54) is 11.1 Å². The van der Waals surface area contributed by atoms with Crippen molar-refractivity contribution in [3.63, 3.8) is 0 Å². The molecule has 0 amide bonds. The quantitative estimate of drug-likeness (QED) is 0.459. The number of benzene rings is 2. The molecule has 0 unspecified atom stereocenters. The van der Waals surface area contributed by atoms with Crippen LogP contribution in [0.25, 0.3) is 11.0 Å². The lowest BCUT2D eigenvalue weighted by Crippen LogP contribution is -2.29. The molecule has 4 aromatic rings. The molecule has 5 rings (SSSR count). The Morgan fingerprint density at radius 1 is 1.03 bits per heavy atom. The predicted octanol–water partition coefficient (Wildman–Crippen LogP) is 4.33. The predicted molar refractivity (Wildman–Crippen MR) is 119 cm³/mol. The highest BCUT2D eigenvalue weighted by atomic mass is 79.9. The van der Waals surface area contributed by atoms with Gasteiger partial charge in [-0.3, -0.25) is 5.10 Å². The van der Waals surface area contributed by atoms with Crippen LogP contribution in [0.15, 0.2) is 59.1 Å². The first-order chi connectivity index (χ1) is 14.3. The summed E-state index contributed by atoms with van der Waals surface area (Å²) >= 11 is 3.53. The molecule has 0 radical (unpaired) electrons. The topological polar surface area (TPSA) is 69.7 Å². The monoisotopic (exact) mass is 448 g/mol. The molecule has 2 N–H and O–H groups in total. The van der Waals surface area contributed by atoms with Crippen LogP contribution in [-0.4, -0.2) is 33.3 Å². The largest absolute Gasteiger partial charge is 0.354 e. The highest BCUT2D eigenvalue weighted by molar-refractivity contribution is 9.10. The van der Waals surface area contributed by atoms with Crippen molar-refractivity contribution in [1.29, 1.82) is 0 Å². The Kier molecular flexibility index (Phi) is 4.89. The first-order valence-corrected chi connectivity index (χ1v) is 10.6. The molecule has 3 heterocycles. The van der Waals surface area contributed by atoms with Gasteiger partial charge in [0.25, 0.3) is 0 Å². The van der Waals surface area contributed by atoms with E-state index in [-0.39, 0.29) is 0 Å². The van der Waals surface area contributed by atoms with Crippen LogP contribution in [-0.2, 0) is 19.4 Å². The van der Waals surface area contributed by atoms with Crippen LogP contribution in [0.1, 0.15) is 16.8 Å². The molecule has 1 aliphatic rings. The van der Waals surface area contributed by atoms with Gasteiger partial charge in [0.1, 0.15) is 5.82 Å². The summed E-state index contributed by atoms with van der Waals surface area (Å²) in [4.78, 5) is 11.8. The Hall–Kier alpha value is -2.93. The summed E-state index contributed by atoms with van der Waals surface area (Å²) in [6.07, 6.45) is 1.82. The molecule has 0 fully saturated rings. The minimum absolute atomic E-state index is 0.625. The van der Waals surface area contributed by atoms with Gasteiger partial charge < -0.3 is 10.2 Å². The molecule has 0 bridgehead atoms. The van der Waals surface area contributed by atoms with E-state index in [1.807, 2.05) is 12.1 Å². The van der Waals surface area contributed by atoms with E-state index in [4.69, 9.17) is 4.98 Å². The van der Waals surface area contributed by atoms with E-state index in [2.05, 4.69) is 83.8 Å². The molecule has 6 nitrogen and oxygen atoms in total. The molecular weight excluding hydrogens is 428 g/mol. The van der Waals surface area contributed by atoms with Gasteiger partial charge in [0.05, 0.1) is 11.1 Å². The lowest BCUT2D eigenvalue weighted by atomic mass is 10.1. The zero-order valence-corrected chi connectivity index (χ0v) is 17.5. The third-order valence-electron chi connectivity index (χ3n) is 5.20. The lowest BCUT2D eigenvalue weighted by molar-refractivity contribution is 0.747. The van der Waals surface area contributed by atoms with Gasteiger partial charge in [-0.05, 0) is 29.7 Å². The maximum absolute atomic E-state index is 4.86. The van der Waals surface area contributed by atoms with Gasteiger partial charge in [-0.25, -0.2) is 0 Å². The smallest absolute Gasteiger partial charge is 0.226 e. The van der Waals surface area contributed by atoms with Crippen molar-refractivity contribution in [2.75, 3.05) is 23.3 Å². The number of H-pyrrole nitrogens is 1. The normalized spacial score (nSPS) is 13.1.